The summed E-state index contributed by atoms with van der Waals surface area (Å²) < 4.78 is 23.6. The number of hydrogen-bond acceptors (Lipinski definition) is 5. The molecular formula is C64H124N2O6P+. The Morgan fingerprint density at radius 3 is 1.14 bits per heavy atom. The second-order valence-electron chi connectivity index (χ2n) is 22.8. The van der Waals surface area contributed by atoms with Crippen LogP contribution in [0.3, 0.4) is 0 Å². The van der Waals surface area contributed by atoms with Gasteiger partial charge in [0.05, 0.1) is 39.9 Å². The van der Waals surface area contributed by atoms with Crippen molar-refractivity contribution in [3.05, 3.63) is 48.6 Å². The summed E-state index contributed by atoms with van der Waals surface area (Å²) in [5, 5.41) is 13.8. The van der Waals surface area contributed by atoms with Gasteiger partial charge in [0.15, 0.2) is 0 Å². The number of aliphatic hydroxyl groups excluding tert-OH is 1. The predicted molar refractivity (Wildman–Crippen MR) is 318 cm³/mol. The zero-order valence-electron chi connectivity index (χ0n) is 49.1. The molecule has 9 heteroatoms. The average Bonchev–Trinajstić information content (AvgIpc) is 3.35. The third-order valence-electron chi connectivity index (χ3n) is 14.2. The van der Waals surface area contributed by atoms with E-state index in [0.717, 1.165) is 51.4 Å². The molecule has 73 heavy (non-hydrogen) atoms. The van der Waals surface area contributed by atoms with Gasteiger partial charge in [0.2, 0.25) is 5.91 Å². The van der Waals surface area contributed by atoms with Gasteiger partial charge in [0.1, 0.15) is 13.2 Å². The smallest absolute Gasteiger partial charge is 0.387 e. The van der Waals surface area contributed by atoms with Gasteiger partial charge in [0, 0.05) is 6.42 Å². The van der Waals surface area contributed by atoms with E-state index in [0.29, 0.717) is 17.4 Å². The number of carbonyl (C=O) groups is 1. The van der Waals surface area contributed by atoms with Gasteiger partial charge in [-0.25, -0.2) is 4.57 Å². The third kappa shape index (κ3) is 58.0. The minimum absolute atomic E-state index is 0.0535. The van der Waals surface area contributed by atoms with Crippen LogP contribution in [0.5, 0.6) is 0 Å². The van der Waals surface area contributed by atoms with Crippen LogP contribution in [0.2, 0.25) is 0 Å². The number of phosphoric ester groups is 1. The molecule has 0 radical (unpaired) electrons. The largest absolute Gasteiger partial charge is 0.472 e. The Balaban J connectivity index is 3.87. The first-order chi connectivity index (χ1) is 35.5. The molecule has 0 fully saturated rings. The molecule has 0 aromatic rings. The minimum Gasteiger partial charge on any atom is -0.387 e. The van der Waals surface area contributed by atoms with Crippen molar-refractivity contribution in [2.45, 2.75) is 315 Å². The van der Waals surface area contributed by atoms with Crippen LogP contribution in [0.25, 0.3) is 0 Å². The van der Waals surface area contributed by atoms with Crippen molar-refractivity contribution >= 4 is 13.7 Å². The quantitative estimate of drug-likeness (QED) is 0.0243. The van der Waals surface area contributed by atoms with E-state index in [1.165, 1.54) is 231 Å². The normalized spacial score (nSPS) is 14.1. The number of hydrogen-bond donors (Lipinski definition) is 3. The number of phosphoric acid groups is 1. The van der Waals surface area contributed by atoms with Crippen molar-refractivity contribution in [2.75, 3.05) is 40.9 Å². The Labute approximate surface area is 454 Å². The van der Waals surface area contributed by atoms with Crippen LogP contribution in [0.4, 0.5) is 0 Å². The van der Waals surface area contributed by atoms with Crippen LogP contribution in [-0.4, -0.2) is 73.4 Å². The van der Waals surface area contributed by atoms with Gasteiger partial charge in [-0.15, -0.1) is 0 Å². The number of quaternary nitrogens is 1. The van der Waals surface area contributed by atoms with Crippen molar-refractivity contribution in [3.8, 4) is 0 Å². The van der Waals surface area contributed by atoms with Crippen molar-refractivity contribution in [3.63, 3.8) is 0 Å². The molecule has 8 nitrogen and oxygen atoms in total. The molecule has 1 amide bonds. The zero-order valence-corrected chi connectivity index (χ0v) is 50.0. The highest BCUT2D eigenvalue weighted by molar-refractivity contribution is 7.47. The number of allylic oxidation sites excluding steroid dienone is 7. The molecule has 3 unspecified atom stereocenters. The molecule has 0 aromatic carbocycles. The maximum absolute atomic E-state index is 12.9. The second-order valence-corrected chi connectivity index (χ2v) is 24.2. The van der Waals surface area contributed by atoms with Gasteiger partial charge >= 0.3 is 7.82 Å². The molecule has 0 aromatic heterocycles. The van der Waals surface area contributed by atoms with Crippen molar-refractivity contribution in [1.29, 1.82) is 0 Å². The lowest BCUT2D eigenvalue weighted by atomic mass is 10.0. The van der Waals surface area contributed by atoms with Gasteiger partial charge in [-0.1, -0.05) is 281 Å². The minimum atomic E-state index is -4.35. The van der Waals surface area contributed by atoms with Crippen LogP contribution in [-0.2, 0) is 18.4 Å². The Morgan fingerprint density at radius 1 is 0.452 bits per heavy atom. The van der Waals surface area contributed by atoms with E-state index in [2.05, 4.69) is 55.6 Å². The summed E-state index contributed by atoms with van der Waals surface area (Å²) in [5.74, 6) is -0.189. The molecule has 0 aliphatic carbocycles. The molecule has 0 saturated heterocycles. The van der Waals surface area contributed by atoms with Gasteiger partial charge in [-0.2, -0.15) is 0 Å². The summed E-state index contributed by atoms with van der Waals surface area (Å²) in [5.41, 5.74) is 0. The number of nitrogens with zero attached hydrogens (tertiary/aromatic N) is 1. The maximum Gasteiger partial charge on any atom is 0.472 e. The van der Waals surface area contributed by atoms with Crippen LogP contribution < -0.4 is 5.32 Å². The first-order valence-corrected chi connectivity index (χ1v) is 33.0. The van der Waals surface area contributed by atoms with E-state index in [4.69, 9.17) is 9.05 Å². The molecule has 0 heterocycles. The van der Waals surface area contributed by atoms with E-state index >= 15 is 0 Å². The summed E-state index contributed by atoms with van der Waals surface area (Å²) in [6.07, 6.45) is 74.2. The molecule has 430 valence electrons. The highest BCUT2D eigenvalue weighted by Crippen LogP contribution is 2.43. The molecule has 0 rings (SSSR count). The summed E-state index contributed by atoms with van der Waals surface area (Å²) in [4.78, 5) is 23.2. The maximum atomic E-state index is 12.9. The SMILES string of the molecule is CCCC/C=C/CC/C=C/CC/C=C/C(O)C(COP(=O)(O)OCC[N+](C)(C)C)NC(=O)CCCCCCCCCCCCCCCCCCC/C=C\CCCCCCCCCCCCCCCCCCCC. The van der Waals surface area contributed by atoms with Crippen LogP contribution >= 0.6 is 7.82 Å². The van der Waals surface area contributed by atoms with Crippen molar-refractivity contribution in [1.82, 2.24) is 5.32 Å². The third-order valence-corrected chi connectivity index (χ3v) is 15.2. The molecule has 3 N–H and O–H groups in total. The Kier molecular flexibility index (Phi) is 54.1. The number of aliphatic hydroxyl groups is 1. The number of rotatable bonds is 58. The van der Waals surface area contributed by atoms with E-state index in [9.17, 15) is 19.4 Å². The zero-order chi connectivity index (χ0) is 53.5. The van der Waals surface area contributed by atoms with Crippen LogP contribution in [0, 0.1) is 0 Å². The Morgan fingerprint density at radius 2 is 0.767 bits per heavy atom. The van der Waals surface area contributed by atoms with Crippen molar-refractivity contribution in [2.24, 2.45) is 0 Å². The number of amides is 1. The first-order valence-electron chi connectivity index (χ1n) is 31.5. The lowest BCUT2D eigenvalue weighted by molar-refractivity contribution is -0.870. The summed E-state index contributed by atoms with van der Waals surface area (Å²) in [7, 11) is 1.55. The van der Waals surface area contributed by atoms with Gasteiger partial charge in [-0.05, 0) is 64.2 Å². The van der Waals surface area contributed by atoms with Gasteiger partial charge in [0.25, 0.3) is 0 Å². The average molecular weight is 1050 g/mol. The molecule has 0 bridgehead atoms. The van der Waals surface area contributed by atoms with E-state index < -0.39 is 20.0 Å². The fraction of sp³-hybridized carbons (Fsp3) is 0.859. The van der Waals surface area contributed by atoms with Crippen LogP contribution in [0.1, 0.15) is 303 Å². The van der Waals surface area contributed by atoms with E-state index in [-0.39, 0.29) is 19.1 Å². The fourth-order valence-corrected chi connectivity index (χ4v) is 10.0. The second kappa shape index (κ2) is 55.2. The molecule has 0 aliphatic heterocycles. The monoisotopic (exact) mass is 1050 g/mol. The Bertz CT molecular complexity index is 1330. The highest BCUT2D eigenvalue weighted by atomic mass is 31.2. The molecule has 0 saturated carbocycles. The molecule has 0 aliphatic rings. The lowest BCUT2D eigenvalue weighted by Crippen LogP contribution is -2.45. The highest BCUT2D eigenvalue weighted by Gasteiger charge is 2.27. The van der Waals surface area contributed by atoms with Crippen molar-refractivity contribution < 1.29 is 32.9 Å². The van der Waals surface area contributed by atoms with Gasteiger partial charge < -0.3 is 19.8 Å². The fourth-order valence-electron chi connectivity index (χ4n) is 9.29. The lowest BCUT2D eigenvalue weighted by Gasteiger charge is -2.25. The summed E-state index contributed by atoms with van der Waals surface area (Å²) in [6.45, 7) is 4.76. The molecule has 3 atom stereocenters. The number of unbranched alkanes of at least 4 members (excludes halogenated alkanes) is 39. The van der Waals surface area contributed by atoms with Crippen LogP contribution in [0.15, 0.2) is 48.6 Å². The molecule has 0 spiro atoms. The summed E-state index contributed by atoms with van der Waals surface area (Å²) in [6, 6.07) is -0.869. The number of likely N-dealkylation sites (N-methyl/N-ethyl adjacent to an activating group) is 1. The van der Waals surface area contributed by atoms with E-state index in [1.807, 2.05) is 27.2 Å². The van der Waals surface area contributed by atoms with E-state index in [1.54, 1.807) is 6.08 Å². The molecular weight excluding hydrogens is 924 g/mol. The number of nitrogens with one attached hydrogen (secondary N) is 1. The predicted octanol–water partition coefficient (Wildman–Crippen LogP) is 19.5. The standard InChI is InChI=1S/C64H123N2O6P/c1-6-8-10-12-14-16-18-20-21-22-23-24-25-26-27-28-29-30-31-32-33-34-35-36-37-38-39-40-41-42-43-44-45-46-48-50-52-54-56-58-64(68)65-62(61-72-73(69,70)71-60-59-66(3,4)5)63(67)57-55-53-51-49-47-19-17-15-13-11-9-7-2/h13,15,32-33,47,49,55,57,62-63,67H,6-12,14,16-31,34-46,48,50-54,56,58-61H2,1-5H3,(H-,65,68,69,70)/p+1/b15-13+,33-32-,49-47+,57-55+. The van der Waals surface area contributed by atoms with Gasteiger partial charge in [-0.3, -0.25) is 13.8 Å². The first kappa shape index (κ1) is 71.5. The Hall–Kier alpha value is -1.54. The number of carbonyl (C=O) groups excluding carboxylic acids is 1. The topological polar surface area (TPSA) is 105 Å². The summed E-state index contributed by atoms with van der Waals surface area (Å²) >= 11 is 0.